The quantitative estimate of drug-likeness (QED) is 0.279. The maximum absolute atomic E-state index is 13.2. The fraction of sp³-hybridized carbons (Fsp3) is 0.130. The molecule has 0 saturated heterocycles. The molecule has 1 heterocycles. The van der Waals surface area contributed by atoms with Gasteiger partial charge in [0.05, 0.1) is 33.4 Å². The van der Waals surface area contributed by atoms with Crippen LogP contribution in [0.1, 0.15) is 29.5 Å². The molecule has 0 radical (unpaired) electrons. The lowest BCUT2D eigenvalue weighted by Crippen LogP contribution is -2.22. The van der Waals surface area contributed by atoms with E-state index in [-0.39, 0.29) is 33.2 Å². The van der Waals surface area contributed by atoms with Gasteiger partial charge in [-0.05, 0) is 48.1 Å². The van der Waals surface area contributed by atoms with Gasteiger partial charge in [0.15, 0.2) is 10.9 Å². The number of benzene rings is 3. The first-order valence-corrected chi connectivity index (χ1v) is 10.4. The van der Waals surface area contributed by atoms with Gasteiger partial charge in [0.1, 0.15) is 0 Å². The molecule has 9 heteroatoms. The maximum Gasteiger partial charge on any atom is 0.418 e. The van der Waals surface area contributed by atoms with Crippen molar-refractivity contribution in [1.82, 2.24) is 0 Å². The number of aromatic hydroxyl groups is 1. The standard InChI is InChI=1S/C23H17ClF3N3OS/c1-12-14-6-2-4-8-17(14)28-20(12)13-10-16(24)21(31)19(11-13)30-22(32)29-18-9-5-3-7-15(18)23(25,26)27/h2-12,31H,1H3,(H2,29,30,32). The highest BCUT2D eigenvalue weighted by Gasteiger charge is 2.33. The van der Waals surface area contributed by atoms with Crippen LogP contribution in [0, 0.1) is 0 Å². The number of anilines is 2. The van der Waals surface area contributed by atoms with E-state index in [0.29, 0.717) is 5.56 Å². The first-order valence-electron chi connectivity index (χ1n) is 9.59. The number of phenolic OH excluding ortho intramolecular Hbond substituents is 1. The number of nitrogens with one attached hydrogen (secondary N) is 2. The second-order valence-electron chi connectivity index (χ2n) is 7.25. The Kier molecular flexibility index (Phi) is 5.83. The minimum absolute atomic E-state index is 0.00315. The minimum atomic E-state index is -4.55. The number of aliphatic imine (C=N–C) groups is 1. The van der Waals surface area contributed by atoms with Crippen molar-refractivity contribution in [2.45, 2.75) is 19.0 Å². The molecule has 0 spiro atoms. The van der Waals surface area contributed by atoms with E-state index in [1.165, 1.54) is 18.2 Å². The Balaban J connectivity index is 1.61. The molecule has 1 atom stereocenters. The van der Waals surface area contributed by atoms with E-state index in [1.807, 2.05) is 31.2 Å². The van der Waals surface area contributed by atoms with E-state index < -0.39 is 11.7 Å². The first-order chi connectivity index (χ1) is 15.1. The van der Waals surface area contributed by atoms with Gasteiger partial charge in [-0.1, -0.05) is 48.9 Å². The lowest BCUT2D eigenvalue weighted by atomic mass is 9.93. The normalized spacial score (nSPS) is 15.2. The Bertz CT molecular complexity index is 1240. The van der Waals surface area contributed by atoms with Crippen LogP contribution in [-0.2, 0) is 6.18 Å². The van der Waals surface area contributed by atoms with Crippen LogP contribution in [0.2, 0.25) is 5.02 Å². The van der Waals surface area contributed by atoms with Crippen LogP contribution in [0.15, 0.2) is 65.7 Å². The predicted octanol–water partition coefficient (Wildman–Crippen LogP) is 7.11. The van der Waals surface area contributed by atoms with Crippen LogP contribution in [0.25, 0.3) is 0 Å². The molecule has 0 aromatic heterocycles. The summed E-state index contributed by atoms with van der Waals surface area (Å²) in [6.45, 7) is 2.01. The maximum atomic E-state index is 13.2. The van der Waals surface area contributed by atoms with E-state index >= 15 is 0 Å². The molecule has 3 N–H and O–H groups in total. The van der Waals surface area contributed by atoms with E-state index in [0.717, 1.165) is 23.0 Å². The number of hydrogen-bond acceptors (Lipinski definition) is 3. The molecule has 32 heavy (non-hydrogen) atoms. The van der Waals surface area contributed by atoms with Crippen LogP contribution >= 0.6 is 23.8 Å². The molecular weight excluding hydrogens is 459 g/mol. The number of para-hydroxylation sites is 2. The highest BCUT2D eigenvalue weighted by atomic mass is 35.5. The van der Waals surface area contributed by atoms with Crippen molar-refractivity contribution in [3.63, 3.8) is 0 Å². The molecule has 4 rings (SSSR count). The molecule has 0 bridgehead atoms. The summed E-state index contributed by atoms with van der Waals surface area (Å²) in [6.07, 6.45) is -4.55. The molecule has 0 saturated carbocycles. The number of fused-ring (bicyclic) bond motifs is 1. The molecule has 0 amide bonds. The van der Waals surface area contributed by atoms with Gasteiger partial charge in [-0.15, -0.1) is 0 Å². The summed E-state index contributed by atoms with van der Waals surface area (Å²) in [7, 11) is 0. The summed E-state index contributed by atoms with van der Waals surface area (Å²) in [5.41, 5.74) is 2.45. The molecule has 1 aliphatic rings. The molecule has 1 aliphatic heterocycles. The van der Waals surface area contributed by atoms with E-state index in [2.05, 4.69) is 15.6 Å². The van der Waals surface area contributed by atoms with Crippen LogP contribution in [0.4, 0.5) is 30.2 Å². The number of phenols is 1. The average Bonchev–Trinajstić information content (AvgIpc) is 3.07. The number of halogens is 4. The number of rotatable bonds is 3. The van der Waals surface area contributed by atoms with Crippen LogP contribution in [0.3, 0.4) is 0 Å². The largest absolute Gasteiger partial charge is 0.504 e. The number of nitrogens with zero attached hydrogens (tertiary/aromatic N) is 1. The molecule has 164 valence electrons. The third-order valence-electron chi connectivity index (χ3n) is 5.14. The summed E-state index contributed by atoms with van der Waals surface area (Å²) in [5, 5.41) is 15.6. The molecule has 1 unspecified atom stereocenters. The molecule has 4 nitrogen and oxygen atoms in total. The fourth-order valence-electron chi connectivity index (χ4n) is 3.60. The zero-order valence-electron chi connectivity index (χ0n) is 16.7. The highest BCUT2D eigenvalue weighted by Crippen LogP contribution is 2.41. The van der Waals surface area contributed by atoms with Gasteiger partial charge in [-0.25, -0.2) is 0 Å². The van der Waals surface area contributed by atoms with E-state index in [4.69, 9.17) is 23.8 Å². The van der Waals surface area contributed by atoms with Gasteiger partial charge in [-0.2, -0.15) is 13.2 Å². The summed E-state index contributed by atoms with van der Waals surface area (Å²) < 4.78 is 39.7. The zero-order valence-corrected chi connectivity index (χ0v) is 18.2. The molecule has 3 aromatic carbocycles. The van der Waals surface area contributed by atoms with Gasteiger partial charge in [0.25, 0.3) is 0 Å². The Morgan fingerprint density at radius 1 is 1.03 bits per heavy atom. The Morgan fingerprint density at radius 2 is 1.69 bits per heavy atom. The van der Waals surface area contributed by atoms with Crippen molar-refractivity contribution in [3.05, 3.63) is 82.4 Å². The molecule has 0 aliphatic carbocycles. The Labute approximate surface area is 192 Å². The summed E-state index contributed by atoms with van der Waals surface area (Å²) >= 11 is 11.4. The summed E-state index contributed by atoms with van der Waals surface area (Å²) in [5.74, 6) is -0.268. The van der Waals surface area contributed by atoms with Crippen molar-refractivity contribution >= 4 is 51.7 Å². The van der Waals surface area contributed by atoms with Gasteiger partial charge in [0.2, 0.25) is 0 Å². The second-order valence-corrected chi connectivity index (χ2v) is 8.07. The SMILES string of the molecule is CC1C(c2cc(Cl)c(O)c(NC(=S)Nc3ccccc3C(F)(F)F)c2)=Nc2ccccc21. The van der Waals surface area contributed by atoms with Gasteiger partial charge in [0, 0.05) is 11.5 Å². The van der Waals surface area contributed by atoms with Crippen molar-refractivity contribution in [2.24, 2.45) is 4.99 Å². The topological polar surface area (TPSA) is 56.6 Å². The average molecular weight is 476 g/mol. The van der Waals surface area contributed by atoms with Gasteiger partial charge >= 0.3 is 6.18 Å². The number of alkyl halides is 3. The molecule has 0 fully saturated rings. The fourth-order valence-corrected chi connectivity index (χ4v) is 4.04. The van der Waals surface area contributed by atoms with Gasteiger partial charge in [-0.3, -0.25) is 4.99 Å². The number of hydrogen-bond donors (Lipinski definition) is 3. The lowest BCUT2D eigenvalue weighted by Gasteiger charge is -2.17. The Morgan fingerprint density at radius 3 is 2.41 bits per heavy atom. The predicted molar refractivity (Wildman–Crippen MR) is 125 cm³/mol. The third-order valence-corrected chi connectivity index (χ3v) is 5.63. The van der Waals surface area contributed by atoms with Crippen LogP contribution in [-0.4, -0.2) is 15.9 Å². The first kappa shape index (κ1) is 22.1. The smallest absolute Gasteiger partial charge is 0.418 e. The van der Waals surface area contributed by atoms with Crippen molar-refractivity contribution in [3.8, 4) is 5.75 Å². The van der Waals surface area contributed by atoms with Crippen molar-refractivity contribution in [1.29, 1.82) is 0 Å². The van der Waals surface area contributed by atoms with Crippen molar-refractivity contribution in [2.75, 3.05) is 10.6 Å². The monoisotopic (exact) mass is 475 g/mol. The van der Waals surface area contributed by atoms with Gasteiger partial charge < -0.3 is 15.7 Å². The van der Waals surface area contributed by atoms with E-state index in [9.17, 15) is 18.3 Å². The molecular formula is C23H17ClF3N3OS. The second kappa shape index (κ2) is 8.44. The minimum Gasteiger partial charge on any atom is -0.504 e. The van der Waals surface area contributed by atoms with Crippen LogP contribution < -0.4 is 10.6 Å². The van der Waals surface area contributed by atoms with Crippen molar-refractivity contribution < 1.29 is 18.3 Å². The summed E-state index contributed by atoms with van der Waals surface area (Å²) in [6, 6.07) is 15.9. The molecule has 3 aromatic rings. The lowest BCUT2D eigenvalue weighted by molar-refractivity contribution is -0.136. The zero-order chi connectivity index (χ0) is 23.0. The number of thiocarbonyl (C=S) groups is 1. The van der Waals surface area contributed by atoms with E-state index in [1.54, 1.807) is 12.1 Å². The Hall–Kier alpha value is -3.10. The van der Waals surface area contributed by atoms with Crippen LogP contribution in [0.5, 0.6) is 5.75 Å². The highest BCUT2D eigenvalue weighted by molar-refractivity contribution is 7.80. The summed E-state index contributed by atoms with van der Waals surface area (Å²) in [4.78, 5) is 4.68. The third kappa shape index (κ3) is 4.28.